The van der Waals surface area contributed by atoms with E-state index in [0.717, 1.165) is 25.9 Å². The average Bonchev–Trinajstić information content (AvgIpc) is 2.90. The van der Waals surface area contributed by atoms with Crippen LogP contribution in [0.5, 0.6) is 5.75 Å². The van der Waals surface area contributed by atoms with Gasteiger partial charge in [-0.15, -0.1) is 13.2 Å². The second kappa shape index (κ2) is 6.93. The van der Waals surface area contributed by atoms with Crippen LogP contribution in [0.1, 0.15) is 24.8 Å². The van der Waals surface area contributed by atoms with E-state index >= 15 is 0 Å². The Kier molecular flexibility index (Phi) is 5.22. The molecule has 0 aliphatic carbocycles. The normalized spacial score (nSPS) is 18.7. The highest BCUT2D eigenvalue weighted by molar-refractivity contribution is 5.80. The summed E-state index contributed by atoms with van der Waals surface area (Å²) in [6.45, 7) is 1.98. The number of ketones is 1. The molecule has 0 bridgehead atoms. The third kappa shape index (κ3) is 5.75. The van der Waals surface area contributed by atoms with Crippen molar-refractivity contribution in [2.75, 3.05) is 13.1 Å². The molecule has 1 fully saturated rings. The molecule has 0 saturated carbocycles. The zero-order chi connectivity index (χ0) is 15.3. The molecule has 0 aromatic heterocycles. The van der Waals surface area contributed by atoms with Crippen LogP contribution in [0.25, 0.3) is 0 Å². The standard InChI is InChI=1S/C15H18F3NO2/c16-15(17,18)21-14-5-2-11(3-6-14)9-13(20)4-1-12-7-8-19-10-12/h2-3,5-6,12,19H,1,4,7-10H2. The van der Waals surface area contributed by atoms with E-state index in [1.54, 1.807) is 0 Å². The van der Waals surface area contributed by atoms with Gasteiger partial charge >= 0.3 is 6.36 Å². The molecule has 1 unspecified atom stereocenters. The number of Topliss-reactive ketones (excluding diaryl/α,β-unsaturated/α-hetero) is 1. The Morgan fingerprint density at radius 1 is 1.29 bits per heavy atom. The minimum absolute atomic E-state index is 0.117. The minimum Gasteiger partial charge on any atom is -0.406 e. The van der Waals surface area contributed by atoms with Crippen LogP contribution in [0, 0.1) is 5.92 Å². The van der Waals surface area contributed by atoms with Crippen LogP contribution in [0.15, 0.2) is 24.3 Å². The van der Waals surface area contributed by atoms with E-state index < -0.39 is 6.36 Å². The lowest BCUT2D eigenvalue weighted by atomic mass is 9.98. The molecule has 1 aromatic carbocycles. The zero-order valence-electron chi connectivity index (χ0n) is 11.6. The predicted octanol–water partition coefficient (Wildman–Crippen LogP) is 3.09. The van der Waals surface area contributed by atoms with Crippen LogP contribution in [-0.4, -0.2) is 25.2 Å². The monoisotopic (exact) mass is 301 g/mol. The van der Waals surface area contributed by atoms with E-state index in [1.165, 1.54) is 24.3 Å². The van der Waals surface area contributed by atoms with Crippen molar-refractivity contribution in [1.82, 2.24) is 5.32 Å². The van der Waals surface area contributed by atoms with Crippen molar-refractivity contribution >= 4 is 5.78 Å². The van der Waals surface area contributed by atoms with Crippen LogP contribution in [-0.2, 0) is 11.2 Å². The van der Waals surface area contributed by atoms with Gasteiger partial charge < -0.3 is 10.1 Å². The number of benzene rings is 1. The molecule has 0 spiro atoms. The maximum atomic E-state index is 12.0. The summed E-state index contributed by atoms with van der Waals surface area (Å²) in [5.41, 5.74) is 0.707. The van der Waals surface area contributed by atoms with Crippen molar-refractivity contribution in [2.24, 2.45) is 5.92 Å². The molecule has 116 valence electrons. The SMILES string of the molecule is O=C(CCC1CCNC1)Cc1ccc(OC(F)(F)F)cc1. The summed E-state index contributed by atoms with van der Waals surface area (Å²) in [6.07, 6.45) is -1.93. The summed E-state index contributed by atoms with van der Waals surface area (Å²) in [6, 6.07) is 5.46. The number of carbonyl (C=O) groups is 1. The van der Waals surface area contributed by atoms with Crippen molar-refractivity contribution in [2.45, 2.75) is 32.0 Å². The number of rotatable bonds is 6. The van der Waals surface area contributed by atoms with E-state index in [9.17, 15) is 18.0 Å². The first-order valence-electron chi connectivity index (χ1n) is 6.99. The van der Waals surface area contributed by atoms with Gasteiger partial charge in [-0.3, -0.25) is 4.79 Å². The summed E-state index contributed by atoms with van der Waals surface area (Å²) in [7, 11) is 0. The predicted molar refractivity (Wildman–Crippen MR) is 72.0 cm³/mol. The second-order valence-electron chi connectivity index (χ2n) is 5.30. The number of alkyl halides is 3. The first-order valence-corrected chi connectivity index (χ1v) is 6.99. The molecule has 0 amide bonds. The Balaban J connectivity index is 1.78. The highest BCUT2D eigenvalue weighted by Crippen LogP contribution is 2.23. The van der Waals surface area contributed by atoms with Crippen molar-refractivity contribution in [3.05, 3.63) is 29.8 Å². The number of hydrogen-bond donors (Lipinski definition) is 1. The number of carbonyl (C=O) groups excluding carboxylic acids is 1. The molecule has 1 saturated heterocycles. The van der Waals surface area contributed by atoms with Gasteiger partial charge in [0.05, 0.1) is 0 Å². The summed E-state index contributed by atoms with van der Waals surface area (Å²) < 4.78 is 39.8. The Morgan fingerprint density at radius 3 is 2.57 bits per heavy atom. The summed E-state index contributed by atoms with van der Waals surface area (Å²) >= 11 is 0. The van der Waals surface area contributed by atoms with Crippen LogP contribution in [0.4, 0.5) is 13.2 Å². The Hall–Kier alpha value is -1.56. The minimum atomic E-state index is -4.69. The Bertz CT molecular complexity index is 465. The molecule has 1 N–H and O–H groups in total. The third-order valence-corrected chi connectivity index (χ3v) is 3.55. The lowest BCUT2D eigenvalue weighted by molar-refractivity contribution is -0.274. The molecule has 1 aliphatic heterocycles. The van der Waals surface area contributed by atoms with Gasteiger partial charge in [0.2, 0.25) is 0 Å². The summed E-state index contributed by atoms with van der Waals surface area (Å²) in [5, 5.41) is 3.25. The topological polar surface area (TPSA) is 38.3 Å². The zero-order valence-corrected chi connectivity index (χ0v) is 11.6. The van der Waals surface area contributed by atoms with Crippen molar-refractivity contribution in [3.8, 4) is 5.75 Å². The summed E-state index contributed by atoms with van der Waals surface area (Å²) in [5.74, 6) is 0.415. The van der Waals surface area contributed by atoms with Crippen LogP contribution in [0.2, 0.25) is 0 Å². The van der Waals surface area contributed by atoms with Crippen LogP contribution in [0.3, 0.4) is 0 Å². The van der Waals surface area contributed by atoms with E-state index in [2.05, 4.69) is 10.1 Å². The number of hydrogen-bond acceptors (Lipinski definition) is 3. The van der Waals surface area contributed by atoms with Gasteiger partial charge in [-0.1, -0.05) is 12.1 Å². The Morgan fingerprint density at radius 2 is 2.00 bits per heavy atom. The Labute approximate surface area is 121 Å². The van der Waals surface area contributed by atoms with Gasteiger partial charge in [-0.05, 0) is 49.5 Å². The third-order valence-electron chi connectivity index (χ3n) is 3.55. The number of ether oxygens (including phenoxy) is 1. The number of halogens is 3. The highest BCUT2D eigenvalue weighted by Gasteiger charge is 2.30. The van der Waals surface area contributed by atoms with Crippen molar-refractivity contribution in [3.63, 3.8) is 0 Å². The average molecular weight is 301 g/mol. The van der Waals surface area contributed by atoms with Gasteiger partial charge in [0.1, 0.15) is 11.5 Å². The maximum absolute atomic E-state index is 12.0. The fourth-order valence-corrected chi connectivity index (χ4v) is 2.45. The van der Waals surface area contributed by atoms with E-state index in [1.807, 2.05) is 0 Å². The van der Waals surface area contributed by atoms with E-state index in [-0.39, 0.29) is 18.0 Å². The molecule has 6 heteroatoms. The fourth-order valence-electron chi connectivity index (χ4n) is 2.45. The molecular formula is C15H18F3NO2. The van der Waals surface area contributed by atoms with E-state index in [4.69, 9.17) is 0 Å². The van der Waals surface area contributed by atoms with Crippen LogP contribution < -0.4 is 10.1 Å². The molecule has 0 radical (unpaired) electrons. The van der Waals surface area contributed by atoms with Crippen molar-refractivity contribution in [1.29, 1.82) is 0 Å². The lowest BCUT2D eigenvalue weighted by Crippen LogP contribution is -2.17. The maximum Gasteiger partial charge on any atom is 0.573 e. The molecule has 1 atom stereocenters. The largest absolute Gasteiger partial charge is 0.573 e. The second-order valence-corrected chi connectivity index (χ2v) is 5.30. The van der Waals surface area contributed by atoms with Gasteiger partial charge in [-0.25, -0.2) is 0 Å². The first kappa shape index (κ1) is 15.8. The molecule has 1 heterocycles. The fraction of sp³-hybridized carbons (Fsp3) is 0.533. The molecule has 1 aliphatic rings. The van der Waals surface area contributed by atoms with Gasteiger partial charge in [0.25, 0.3) is 0 Å². The van der Waals surface area contributed by atoms with Gasteiger partial charge in [-0.2, -0.15) is 0 Å². The van der Waals surface area contributed by atoms with Crippen molar-refractivity contribution < 1.29 is 22.7 Å². The molecule has 21 heavy (non-hydrogen) atoms. The lowest BCUT2D eigenvalue weighted by Gasteiger charge is -2.09. The molecule has 1 aromatic rings. The smallest absolute Gasteiger partial charge is 0.406 e. The van der Waals surface area contributed by atoms with Crippen LogP contribution >= 0.6 is 0 Å². The van der Waals surface area contributed by atoms with E-state index in [0.29, 0.717) is 17.9 Å². The molecule has 2 rings (SSSR count). The van der Waals surface area contributed by atoms with Gasteiger partial charge in [0.15, 0.2) is 0 Å². The number of nitrogens with one attached hydrogen (secondary N) is 1. The first-order chi connectivity index (χ1) is 9.92. The molecular weight excluding hydrogens is 283 g/mol. The summed E-state index contributed by atoms with van der Waals surface area (Å²) in [4.78, 5) is 11.9. The molecule has 3 nitrogen and oxygen atoms in total. The highest BCUT2D eigenvalue weighted by atomic mass is 19.4. The quantitative estimate of drug-likeness (QED) is 0.877. The van der Waals surface area contributed by atoms with Gasteiger partial charge in [0, 0.05) is 12.8 Å².